The lowest BCUT2D eigenvalue weighted by Gasteiger charge is -2.30. The number of rotatable bonds is 5. The fourth-order valence-electron chi connectivity index (χ4n) is 2.96. The Morgan fingerprint density at radius 3 is 2.91 bits per heavy atom. The summed E-state index contributed by atoms with van der Waals surface area (Å²) in [6.45, 7) is 2.10. The largest absolute Gasteiger partial charge is 0.396 e. The summed E-state index contributed by atoms with van der Waals surface area (Å²) in [6, 6.07) is 7.48. The van der Waals surface area contributed by atoms with Crippen LogP contribution in [0.1, 0.15) is 44.3 Å². The van der Waals surface area contributed by atoms with Gasteiger partial charge in [0.05, 0.1) is 6.10 Å². The van der Waals surface area contributed by atoms with Crippen LogP contribution in [0.15, 0.2) is 24.3 Å². The summed E-state index contributed by atoms with van der Waals surface area (Å²) < 4.78 is 5.29. The number of hydrogen-bond acceptors (Lipinski definition) is 3. The highest BCUT2D eigenvalue weighted by molar-refractivity contribution is 5.89. The van der Waals surface area contributed by atoms with Gasteiger partial charge in [0.15, 0.2) is 0 Å². The third-order valence-electron chi connectivity index (χ3n) is 4.43. The highest BCUT2D eigenvalue weighted by atomic mass is 16.5. The molecule has 3 N–H and O–H groups in total. The molecule has 0 bridgehead atoms. The SMILES string of the molecule is CO[C@H](C)c1cccc(NC(=O)N[C@@H]2CCCC[C@H]2CO)c1. The molecule has 1 fully saturated rings. The van der Waals surface area contributed by atoms with E-state index in [-0.39, 0.29) is 30.7 Å². The van der Waals surface area contributed by atoms with Gasteiger partial charge in [0.1, 0.15) is 0 Å². The van der Waals surface area contributed by atoms with E-state index in [2.05, 4.69) is 10.6 Å². The molecule has 5 heteroatoms. The van der Waals surface area contributed by atoms with Crippen LogP contribution in [0.3, 0.4) is 0 Å². The zero-order chi connectivity index (χ0) is 15.9. The molecular weight excluding hydrogens is 280 g/mol. The first kappa shape index (κ1) is 16.8. The predicted octanol–water partition coefficient (Wildman–Crippen LogP) is 3.07. The average Bonchev–Trinajstić information content (AvgIpc) is 2.54. The minimum absolute atomic E-state index is 0.0121. The molecule has 2 rings (SSSR count). The van der Waals surface area contributed by atoms with Crippen molar-refractivity contribution in [2.75, 3.05) is 19.0 Å². The number of carbonyl (C=O) groups is 1. The van der Waals surface area contributed by atoms with Crippen LogP contribution < -0.4 is 10.6 Å². The third-order valence-corrected chi connectivity index (χ3v) is 4.43. The minimum atomic E-state index is -0.215. The predicted molar refractivity (Wildman–Crippen MR) is 86.9 cm³/mol. The first-order chi connectivity index (χ1) is 10.6. The normalized spacial score (nSPS) is 22.9. The van der Waals surface area contributed by atoms with E-state index in [0.29, 0.717) is 0 Å². The second-order valence-corrected chi connectivity index (χ2v) is 5.94. The number of nitrogens with one attached hydrogen (secondary N) is 2. The molecule has 1 saturated carbocycles. The Labute approximate surface area is 132 Å². The molecule has 0 saturated heterocycles. The Morgan fingerprint density at radius 1 is 1.41 bits per heavy atom. The van der Waals surface area contributed by atoms with E-state index in [9.17, 15) is 9.90 Å². The maximum atomic E-state index is 12.2. The van der Waals surface area contributed by atoms with E-state index in [1.54, 1.807) is 7.11 Å². The van der Waals surface area contributed by atoms with Crippen LogP contribution in [0.25, 0.3) is 0 Å². The second kappa shape index (κ2) is 8.15. The van der Waals surface area contributed by atoms with E-state index in [1.165, 1.54) is 0 Å². The monoisotopic (exact) mass is 306 g/mol. The highest BCUT2D eigenvalue weighted by Crippen LogP contribution is 2.24. The van der Waals surface area contributed by atoms with Crippen molar-refractivity contribution in [2.24, 2.45) is 5.92 Å². The molecule has 5 nitrogen and oxygen atoms in total. The number of ether oxygens (including phenoxy) is 1. The zero-order valence-electron chi connectivity index (χ0n) is 13.3. The number of carbonyl (C=O) groups excluding carboxylic acids is 1. The Hall–Kier alpha value is -1.59. The van der Waals surface area contributed by atoms with Gasteiger partial charge >= 0.3 is 6.03 Å². The maximum absolute atomic E-state index is 12.2. The first-order valence-electron chi connectivity index (χ1n) is 7.95. The van der Waals surface area contributed by atoms with E-state index in [1.807, 2.05) is 31.2 Å². The molecule has 1 aliphatic rings. The third kappa shape index (κ3) is 4.45. The van der Waals surface area contributed by atoms with Gasteiger partial charge < -0.3 is 20.5 Å². The molecular formula is C17H26N2O3. The van der Waals surface area contributed by atoms with Gasteiger partial charge in [-0.2, -0.15) is 0 Å². The van der Waals surface area contributed by atoms with Crippen LogP contribution in [0.5, 0.6) is 0 Å². The van der Waals surface area contributed by atoms with Crippen molar-refractivity contribution in [3.63, 3.8) is 0 Å². The number of aliphatic hydroxyl groups is 1. The molecule has 1 aromatic carbocycles. The quantitative estimate of drug-likeness (QED) is 0.783. The molecule has 0 heterocycles. The van der Waals surface area contributed by atoms with Crippen molar-refractivity contribution in [2.45, 2.75) is 44.8 Å². The second-order valence-electron chi connectivity index (χ2n) is 5.94. The molecule has 0 aromatic heterocycles. The van der Waals surface area contributed by atoms with Gasteiger partial charge in [0.25, 0.3) is 0 Å². The van der Waals surface area contributed by atoms with Gasteiger partial charge in [0, 0.05) is 31.4 Å². The summed E-state index contributed by atoms with van der Waals surface area (Å²) in [4.78, 5) is 12.2. The number of aliphatic hydroxyl groups excluding tert-OH is 1. The van der Waals surface area contributed by atoms with Crippen LogP contribution in [-0.2, 0) is 4.74 Å². The highest BCUT2D eigenvalue weighted by Gasteiger charge is 2.25. The van der Waals surface area contributed by atoms with Crippen molar-refractivity contribution in [1.82, 2.24) is 5.32 Å². The van der Waals surface area contributed by atoms with Crippen LogP contribution in [0.4, 0.5) is 10.5 Å². The molecule has 3 atom stereocenters. The smallest absolute Gasteiger partial charge is 0.319 e. The molecule has 2 amide bonds. The minimum Gasteiger partial charge on any atom is -0.396 e. The topological polar surface area (TPSA) is 70.6 Å². The summed E-state index contributed by atoms with van der Waals surface area (Å²) in [6.07, 6.45) is 4.12. The lowest BCUT2D eigenvalue weighted by molar-refractivity contribution is 0.119. The van der Waals surface area contributed by atoms with Crippen molar-refractivity contribution < 1.29 is 14.6 Å². The van der Waals surface area contributed by atoms with Gasteiger partial charge in [-0.1, -0.05) is 25.0 Å². The number of anilines is 1. The van der Waals surface area contributed by atoms with Gasteiger partial charge in [-0.3, -0.25) is 0 Å². The number of benzene rings is 1. The summed E-state index contributed by atoms with van der Waals surface area (Å²) in [5.41, 5.74) is 1.77. The van der Waals surface area contributed by atoms with Crippen molar-refractivity contribution in [3.8, 4) is 0 Å². The van der Waals surface area contributed by atoms with Gasteiger partial charge in [0.2, 0.25) is 0 Å². The van der Waals surface area contributed by atoms with Crippen LogP contribution in [0.2, 0.25) is 0 Å². The Kier molecular flexibility index (Phi) is 6.21. The molecule has 0 unspecified atom stereocenters. The number of hydrogen-bond donors (Lipinski definition) is 3. The van der Waals surface area contributed by atoms with Crippen LogP contribution in [-0.4, -0.2) is 30.9 Å². The summed E-state index contributed by atoms with van der Waals surface area (Å²) >= 11 is 0. The van der Waals surface area contributed by atoms with E-state index >= 15 is 0 Å². The Morgan fingerprint density at radius 2 is 2.18 bits per heavy atom. The van der Waals surface area contributed by atoms with E-state index < -0.39 is 0 Å². The Balaban J connectivity index is 1.94. The fourth-order valence-corrected chi connectivity index (χ4v) is 2.96. The lowest BCUT2D eigenvalue weighted by Crippen LogP contribution is -2.45. The van der Waals surface area contributed by atoms with Gasteiger partial charge in [-0.15, -0.1) is 0 Å². The maximum Gasteiger partial charge on any atom is 0.319 e. The summed E-state index contributed by atoms with van der Waals surface area (Å²) in [5.74, 6) is 0.166. The molecule has 1 aromatic rings. The van der Waals surface area contributed by atoms with Crippen LogP contribution in [0, 0.1) is 5.92 Å². The van der Waals surface area contributed by atoms with Crippen molar-refractivity contribution in [3.05, 3.63) is 29.8 Å². The van der Waals surface area contributed by atoms with Gasteiger partial charge in [-0.05, 0) is 37.5 Å². The summed E-state index contributed by atoms with van der Waals surface area (Å²) in [7, 11) is 1.66. The van der Waals surface area contributed by atoms with Gasteiger partial charge in [-0.25, -0.2) is 4.79 Å². The number of urea groups is 1. The van der Waals surface area contributed by atoms with Crippen LogP contribution >= 0.6 is 0 Å². The number of amides is 2. The van der Waals surface area contributed by atoms with Crippen molar-refractivity contribution in [1.29, 1.82) is 0 Å². The Bertz CT molecular complexity index is 493. The van der Waals surface area contributed by atoms with E-state index in [4.69, 9.17) is 4.74 Å². The molecule has 122 valence electrons. The van der Waals surface area contributed by atoms with E-state index in [0.717, 1.165) is 36.9 Å². The number of methoxy groups -OCH3 is 1. The molecule has 22 heavy (non-hydrogen) atoms. The molecule has 0 spiro atoms. The zero-order valence-corrected chi connectivity index (χ0v) is 13.3. The first-order valence-corrected chi connectivity index (χ1v) is 7.95. The standard InChI is InChI=1S/C17H26N2O3/c1-12(22-2)13-7-5-8-15(10-13)18-17(21)19-16-9-4-3-6-14(16)11-20/h5,7-8,10,12,14,16,20H,3-4,6,9,11H2,1-2H3,(H2,18,19,21)/t12-,14+,16-/m1/s1. The molecule has 1 aliphatic carbocycles. The fraction of sp³-hybridized carbons (Fsp3) is 0.588. The lowest BCUT2D eigenvalue weighted by atomic mass is 9.85. The summed E-state index contributed by atoms with van der Waals surface area (Å²) in [5, 5.41) is 15.3. The average molecular weight is 306 g/mol. The molecule has 0 aliphatic heterocycles. The molecule has 0 radical (unpaired) electrons. The van der Waals surface area contributed by atoms with Crippen molar-refractivity contribution >= 4 is 11.7 Å².